The van der Waals surface area contributed by atoms with E-state index < -0.39 is 0 Å². The van der Waals surface area contributed by atoms with Gasteiger partial charge in [0, 0.05) is 66.1 Å². The van der Waals surface area contributed by atoms with Crippen LogP contribution in [-0.2, 0) is 0 Å². The van der Waals surface area contributed by atoms with Crippen molar-refractivity contribution in [2.75, 3.05) is 0 Å². The number of rotatable bonds is 6. The molecule has 13 rings (SSSR count). The van der Waals surface area contributed by atoms with Gasteiger partial charge in [0.1, 0.15) is 0 Å². The summed E-state index contributed by atoms with van der Waals surface area (Å²) in [7, 11) is 0. The van der Waals surface area contributed by atoms with Crippen molar-refractivity contribution in [1.82, 2.24) is 23.7 Å². The Morgan fingerprint density at radius 2 is 0.571 bits per heavy atom. The molecule has 63 heavy (non-hydrogen) atoms. The number of nitrogens with zero attached hydrogens (tertiary/aromatic N) is 5. The second kappa shape index (κ2) is 14.0. The third-order valence-electron chi connectivity index (χ3n) is 12.6. The van der Waals surface area contributed by atoms with Gasteiger partial charge in [0.2, 0.25) is 0 Å². The summed E-state index contributed by atoms with van der Waals surface area (Å²) in [5.41, 5.74) is 14.8. The van der Waals surface area contributed by atoms with Crippen molar-refractivity contribution in [3.05, 3.63) is 224 Å². The van der Waals surface area contributed by atoms with Gasteiger partial charge in [-0.2, -0.15) is 0 Å². The Morgan fingerprint density at radius 3 is 1.00 bits per heavy atom. The van der Waals surface area contributed by atoms with Crippen LogP contribution < -0.4 is 0 Å². The average molecular weight is 804 g/mol. The summed E-state index contributed by atoms with van der Waals surface area (Å²) in [6.07, 6.45) is 0. The van der Waals surface area contributed by atoms with Crippen molar-refractivity contribution >= 4 is 65.4 Å². The zero-order chi connectivity index (χ0) is 41.4. The average Bonchev–Trinajstić information content (AvgIpc) is 4.00. The van der Waals surface area contributed by atoms with Gasteiger partial charge >= 0.3 is 0 Å². The van der Waals surface area contributed by atoms with Crippen LogP contribution in [0.1, 0.15) is 0 Å². The highest BCUT2D eigenvalue weighted by Crippen LogP contribution is 2.39. The largest absolute Gasteiger partial charge is 0.309 e. The quantitative estimate of drug-likeness (QED) is 0.168. The van der Waals surface area contributed by atoms with E-state index in [-0.39, 0.29) is 0 Å². The predicted molar refractivity (Wildman–Crippen MR) is 261 cm³/mol. The summed E-state index contributed by atoms with van der Waals surface area (Å²) in [5.74, 6) is 0.672. The second-order valence-corrected chi connectivity index (χ2v) is 16.2. The minimum Gasteiger partial charge on any atom is -0.309 e. The van der Waals surface area contributed by atoms with Crippen LogP contribution in [0.3, 0.4) is 0 Å². The number of hydrogen-bond acceptors (Lipinski definition) is 2. The van der Waals surface area contributed by atoms with Gasteiger partial charge in [0.15, 0.2) is 5.82 Å². The molecule has 5 nitrogen and oxygen atoms in total. The molecular formula is C58H37N5. The molecule has 0 aliphatic rings. The van der Waals surface area contributed by atoms with Crippen LogP contribution in [0.5, 0.6) is 0 Å². The zero-order valence-electron chi connectivity index (χ0n) is 34.1. The topological polar surface area (TPSA) is 40.6 Å². The molecule has 4 heterocycles. The highest BCUT2D eigenvalue weighted by Gasteiger charge is 2.20. The lowest BCUT2D eigenvalue weighted by Crippen LogP contribution is -2.02. The summed E-state index contributed by atoms with van der Waals surface area (Å²) in [4.78, 5) is 10.7. The van der Waals surface area contributed by atoms with Crippen molar-refractivity contribution in [2.24, 2.45) is 0 Å². The van der Waals surface area contributed by atoms with Gasteiger partial charge in [-0.15, -0.1) is 0 Å². The standard InChI is InChI=1S/C58H37N5/c1-2-17-38(18-3-1)58-59-50(39-19-16-20-41(33-39)61-52-27-10-4-21-44(52)45-22-5-11-28-53(45)61)37-51(60-58)40-34-42(62-54-29-12-6-23-46(54)47-24-7-13-30-55(47)62)36-43(35-40)63-56-31-14-8-25-48(56)49-26-9-15-32-57(49)63/h1-37H. The van der Waals surface area contributed by atoms with E-state index >= 15 is 0 Å². The van der Waals surface area contributed by atoms with E-state index in [1.165, 1.54) is 43.4 Å². The summed E-state index contributed by atoms with van der Waals surface area (Å²) < 4.78 is 7.17. The molecule has 9 aromatic carbocycles. The van der Waals surface area contributed by atoms with E-state index in [0.717, 1.165) is 67.2 Å². The van der Waals surface area contributed by atoms with Crippen LogP contribution in [0.15, 0.2) is 224 Å². The zero-order valence-corrected chi connectivity index (χ0v) is 34.1. The Bertz CT molecular complexity index is 3630. The molecule has 13 aromatic rings. The third kappa shape index (κ3) is 5.57. The number of benzene rings is 9. The molecule has 0 aliphatic carbocycles. The van der Waals surface area contributed by atoms with Crippen molar-refractivity contribution in [2.45, 2.75) is 0 Å². The predicted octanol–water partition coefficient (Wildman–Crippen LogP) is 14.8. The normalized spacial score (nSPS) is 11.8. The summed E-state index contributed by atoms with van der Waals surface area (Å²) in [6, 6.07) is 80.3. The smallest absolute Gasteiger partial charge is 0.160 e. The number of fused-ring (bicyclic) bond motifs is 9. The molecule has 0 spiro atoms. The van der Waals surface area contributed by atoms with Crippen molar-refractivity contribution in [3.8, 4) is 51.0 Å². The second-order valence-electron chi connectivity index (χ2n) is 16.2. The number of para-hydroxylation sites is 6. The van der Waals surface area contributed by atoms with Crippen LogP contribution >= 0.6 is 0 Å². The molecular weight excluding hydrogens is 767 g/mol. The Balaban J connectivity index is 1.08. The molecule has 294 valence electrons. The van der Waals surface area contributed by atoms with Gasteiger partial charge in [-0.05, 0) is 72.8 Å². The SMILES string of the molecule is c1ccc(-c2nc(-c3cccc(-n4c5ccccc5c5ccccc54)c3)cc(-c3cc(-n4c5ccccc5c5ccccc54)cc(-n4c5ccccc5c5ccccc54)c3)n2)cc1. The first-order valence-corrected chi connectivity index (χ1v) is 21.4. The van der Waals surface area contributed by atoms with Crippen LogP contribution in [-0.4, -0.2) is 23.7 Å². The molecule has 0 radical (unpaired) electrons. The van der Waals surface area contributed by atoms with Crippen LogP contribution in [0.4, 0.5) is 0 Å². The molecule has 0 saturated carbocycles. The van der Waals surface area contributed by atoms with Gasteiger partial charge in [0.25, 0.3) is 0 Å². The van der Waals surface area contributed by atoms with E-state index in [2.05, 4.69) is 232 Å². The maximum absolute atomic E-state index is 5.41. The molecule has 0 atom stereocenters. The number of aromatic nitrogens is 5. The van der Waals surface area contributed by atoms with E-state index in [9.17, 15) is 0 Å². The van der Waals surface area contributed by atoms with Gasteiger partial charge < -0.3 is 13.7 Å². The molecule has 0 unspecified atom stereocenters. The first kappa shape index (κ1) is 35.2. The molecule has 4 aromatic heterocycles. The fourth-order valence-electron chi connectivity index (χ4n) is 9.87. The lowest BCUT2D eigenvalue weighted by molar-refractivity contribution is 1.13. The molecule has 5 heteroatoms. The van der Waals surface area contributed by atoms with Gasteiger partial charge in [-0.1, -0.05) is 152 Å². The Kier molecular flexibility index (Phi) is 7.84. The summed E-state index contributed by atoms with van der Waals surface area (Å²) in [5, 5.41) is 7.34. The van der Waals surface area contributed by atoms with E-state index in [0.29, 0.717) is 5.82 Å². The first-order chi connectivity index (χ1) is 31.2. The van der Waals surface area contributed by atoms with E-state index in [4.69, 9.17) is 9.97 Å². The van der Waals surface area contributed by atoms with Crippen molar-refractivity contribution < 1.29 is 0 Å². The lowest BCUT2D eigenvalue weighted by Gasteiger charge is -2.16. The van der Waals surface area contributed by atoms with Gasteiger partial charge in [-0.25, -0.2) is 9.97 Å². The minimum atomic E-state index is 0.672. The highest BCUT2D eigenvalue weighted by molar-refractivity contribution is 6.11. The lowest BCUT2D eigenvalue weighted by atomic mass is 10.0. The molecule has 0 aliphatic heterocycles. The van der Waals surface area contributed by atoms with Crippen LogP contribution in [0.2, 0.25) is 0 Å². The Labute approximate surface area is 363 Å². The Hall–Kier alpha value is -8.54. The Morgan fingerprint density at radius 1 is 0.238 bits per heavy atom. The first-order valence-electron chi connectivity index (χ1n) is 21.4. The molecule has 0 amide bonds. The van der Waals surface area contributed by atoms with Crippen molar-refractivity contribution in [1.29, 1.82) is 0 Å². The molecule has 0 bridgehead atoms. The van der Waals surface area contributed by atoms with Crippen LogP contribution in [0, 0.1) is 0 Å². The maximum Gasteiger partial charge on any atom is 0.160 e. The van der Waals surface area contributed by atoms with E-state index in [1.807, 2.05) is 6.07 Å². The summed E-state index contributed by atoms with van der Waals surface area (Å²) in [6.45, 7) is 0. The van der Waals surface area contributed by atoms with E-state index in [1.54, 1.807) is 0 Å². The van der Waals surface area contributed by atoms with Gasteiger partial charge in [-0.3, -0.25) is 0 Å². The van der Waals surface area contributed by atoms with Crippen molar-refractivity contribution in [3.63, 3.8) is 0 Å². The minimum absolute atomic E-state index is 0.672. The fraction of sp³-hybridized carbons (Fsp3) is 0. The molecule has 0 N–H and O–H groups in total. The molecule has 0 fully saturated rings. The maximum atomic E-state index is 5.41. The third-order valence-corrected chi connectivity index (χ3v) is 12.6. The summed E-state index contributed by atoms with van der Waals surface area (Å²) >= 11 is 0. The fourth-order valence-corrected chi connectivity index (χ4v) is 9.87. The monoisotopic (exact) mass is 803 g/mol. The number of hydrogen-bond donors (Lipinski definition) is 0. The van der Waals surface area contributed by atoms with Crippen LogP contribution in [0.25, 0.3) is 116 Å². The van der Waals surface area contributed by atoms with Gasteiger partial charge in [0.05, 0.1) is 44.5 Å². The highest BCUT2D eigenvalue weighted by atomic mass is 15.0. The molecule has 0 saturated heterocycles.